The van der Waals surface area contributed by atoms with Crippen molar-refractivity contribution in [2.24, 2.45) is 0 Å². The van der Waals surface area contributed by atoms with E-state index in [4.69, 9.17) is 15.2 Å². The number of carbonyl (C=O) groups excluding carboxylic acids is 1. The van der Waals surface area contributed by atoms with Crippen LogP contribution in [0.3, 0.4) is 0 Å². The average molecular weight is 293 g/mol. The summed E-state index contributed by atoms with van der Waals surface area (Å²) in [7, 11) is 1.60. The summed E-state index contributed by atoms with van der Waals surface area (Å²) in [6.07, 6.45) is 0.907. The van der Waals surface area contributed by atoms with Crippen molar-refractivity contribution in [1.82, 2.24) is 5.32 Å². The Kier molecular flexibility index (Phi) is 5.27. The summed E-state index contributed by atoms with van der Waals surface area (Å²) in [6, 6.07) is 5.16. The molecule has 1 fully saturated rings. The highest BCUT2D eigenvalue weighted by Crippen LogP contribution is 2.30. The van der Waals surface area contributed by atoms with Gasteiger partial charge in [-0.3, -0.25) is 4.79 Å². The van der Waals surface area contributed by atoms with E-state index in [1.54, 1.807) is 13.2 Å². The van der Waals surface area contributed by atoms with E-state index >= 15 is 0 Å². The van der Waals surface area contributed by atoms with Crippen molar-refractivity contribution >= 4 is 17.3 Å². The Bertz CT molecular complexity index is 493. The molecule has 0 radical (unpaired) electrons. The van der Waals surface area contributed by atoms with E-state index in [2.05, 4.69) is 5.32 Å². The third-order valence-corrected chi connectivity index (χ3v) is 3.52. The summed E-state index contributed by atoms with van der Waals surface area (Å²) >= 11 is 0. The molecule has 1 atom stereocenters. The van der Waals surface area contributed by atoms with E-state index in [-0.39, 0.29) is 11.9 Å². The van der Waals surface area contributed by atoms with Crippen LogP contribution < -0.4 is 20.7 Å². The molecular weight excluding hydrogens is 270 g/mol. The monoisotopic (exact) mass is 293 g/mol. The summed E-state index contributed by atoms with van der Waals surface area (Å²) in [5.74, 6) is 0.684. The highest BCUT2D eigenvalue weighted by molar-refractivity contribution is 5.87. The molecule has 1 aliphatic rings. The molecule has 0 aromatic heterocycles. The zero-order chi connectivity index (χ0) is 15.2. The number of morpholine rings is 1. The molecule has 0 aliphatic carbocycles. The molecule has 0 bridgehead atoms. The van der Waals surface area contributed by atoms with Gasteiger partial charge in [-0.1, -0.05) is 6.92 Å². The average Bonchev–Trinajstić information content (AvgIpc) is 2.52. The smallest absolute Gasteiger partial charge is 0.245 e. The fraction of sp³-hybridized carbons (Fsp3) is 0.533. The van der Waals surface area contributed by atoms with Crippen molar-refractivity contribution in [2.45, 2.75) is 19.4 Å². The second-order valence-corrected chi connectivity index (χ2v) is 5.00. The minimum atomic E-state index is -0.346. The van der Waals surface area contributed by atoms with Crippen molar-refractivity contribution in [1.29, 1.82) is 0 Å². The van der Waals surface area contributed by atoms with Crippen LogP contribution in [0.4, 0.5) is 11.4 Å². The van der Waals surface area contributed by atoms with Crippen molar-refractivity contribution in [3.8, 4) is 5.75 Å². The number of nitrogens with one attached hydrogen (secondary N) is 1. The molecule has 1 aromatic rings. The van der Waals surface area contributed by atoms with Gasteiger partial charge in [-0.25, -0.2) is 0 Å². The third-order valence-electron chi connectivity index (χ3n) is 3.52. The lowest BCUT2D eigenvalue weighted by molar-refractivity contribution is -0.124. The Morgan fingerprint density at radius 3 is 3.05 bits per heavy atom. The Balaban J connectivity index is 2.20. The molecule has 1 heterocycles. The Morgan fingerprint density at radius 1 is 1.57 bits per heavy atom. The molecule has 116 valence electrons. The van der Waals surface area contributed by atoms with Gasteiger partial charge in [0.1, 0.15) is 11.8 Å². The van der Waals surface area contributed by atoms with Gasteiger partial charge in [0, 0.05) is 19.2 Å². The molecule has 1 aliphatic heterocycles. The van der Waals surface area contributed by atoms with Gasteiger partial charge >= 0.3 is 0 Å². The van der Waals surface area contributed by atoms with Gasteiger partial charge in [0.2, 0.25) is 5.91 Å². The molecule has 3 N–H and O–H groups in total. The van der Waals surface area contributed by atoms with Gasteiger partial charge in [0.25, 0.3) is 0 Å². The number of methoxy groups -OCH3 is 1. The van der Waals surface area contributed by atoms with Crippen LogP contribution >= 0.6 is 0 Å². The normalized spacial score (nSPS) is 18.4. The Labute approximate surface area is 125 Å². The molecular formula is C15H23N3O3. The van der Waals surface area contributed by atoms with Gasteiger partial charge in [0.15, 0.2) is 0 Å². The molecule has 1 aromatic carbocycles. The Hall–Kier alpha value is -1.95. The molecule has 6 nitrogen and oxygen atoms in total. The molecule has 6 heteroatoms. The van der Waals surface area contributed by atoms with Crippen molar-refractivity contribution < 1.29 is 14.3 Å². The molecule has 0 saturated carbocycles. The number of ether oxygens (including phenoxy) is 2. The zero-order valence-electron chi connectivity index (χ0n) is 12.6. The summed E-state index contributed by atoms with van der Waals surface area (Å²) < 4.78 is 10.6. The summed E-state index contributed by atoms with van der Waals surface area (Å²) in [5.41, 5.74) is 7.54. The first-order chi connectivity index (χ1) is 10.2. The van der Waals surface area contributed by atoms with E-state index in [9.17, 15) is 4.79 Å². The van der Waals surface area contributed by atoms with Gasteiger partial charge in [-0.05, 0) is 18.6 Å². The second kappa shape index (κ2) is 7.17. The fourth-order valence-corrected chi connectivity index (χ4v) is 2.40. The number of nitrogens with zero attached hydrogens (tertiary/aromatic N) is 1. The van der Waals surface area contributed by atoms with Crippen LogP contribution in [0.1, 0.15) is 13.3 Å². The number of hydrogen-bond acceptors (Lipinski definition) is 5. The first-order valence-electron chi connectivity index (χ1n) is 7.23. The first kappa shape index (κ1) is 15.4. The molecule has 2 rings (SSSR count). The topological polar surface area (TPSA) is 76.8 Å². The predicted molar refractivity (Wildman–Crippen MR) is 82.7 cm³/mol. The van der Waals surface area contributed by atoms with Crippen LogP contribution in [0.25, 0.3) is 0 Å². The van der Waals surface area contributed by atoms with Crippen LogP contribution in [0.15, 0.2) is 18.2 Å². The maximum atomic E-state index is 12.3. The van der Waals surface area contributed by atoms with Crippen LogP contribution in [0, 0.1) is 0 Å². The number of hydrogen-bond donors (Lipinski definition) is 2. The van der Waals surface area contributed by atoms with Crippen molar-refractivity contribution in [3.63, 3.8) is 0 Å². The van der Waals surface area contributed by atoms with E-state index < -0.39 is 0 Å². The highest BCUT2D eigenvalue weighted by atomic mass is 16.5. The number of nitrogens with two attached hydrogens (primary N) is 1. The molecule has 0 spiro atoms. The van der Waals surface area contributed by atoms with Gasteiger partial charge in [-0.2, -0.15) is 0 Å². The summed E-state index contributed by atoms with van der Waals surface area (Å²) in [5, 5.41) is 2.92. The maximum Gasteiger partial charge on any atom is 0.245 e. The number of carbonyl (C=O) groups is 1. The van der Waals surface area contributed by atoms with Crippen LogP contribution in [-0.4, -0.2) is 45.4 Å². The van der Waals surface area contributed by atoms with Crippen LogP contribution in [0.2, 0.25) is 0 Å². The number of anilines is 2. The predicted octanol–water partition coefficient (Wildman–Crippen LogP) is 1.01. The molecule has 1 amide bonds. The first-order valence-corrected chi connectivity index (χ1v) is 7.23. The van der Waals surface area contributed by atoms with Gasteiger partial charge in [0.05, 0.1) is 31.7 Å². The highest BCUT2D eigenvalue weighted by Gasteiger charge is 2.30. The number of nitrogen functional groups attached to an aromatic ring is 1. The zero-order valence-corrected chi connectivity index (χ0v) is 12.6. The van der Waals surface area contributed by atoms with Gasteiger partial charge < -0.3 is 25.4 Å². The van der Waals surface area contributed by atoms with Crippen molar-refractivity contribution in [3.05, 3.63) is 18.2 Å². The van der Waals surface area contributed by atoms with E-state index in [0.717, 1.165) is 12.1 Å². The lowest BCUT2D eigenvalue weighted by atomic mass is 10.1. The standard InChI is InChI=1S/C15H23N3O3/c1-3-6-17-15(19)14-10-21-8-7-18(14)13-5-4-11(20-2)9-12(13)16/h4-5,9,14H,3,6-8,10,16H2,1-2H3,(H,17,19). The van der Waals surface area contributed by atoms with Crippen LogP contribution in [-0.2, 0) is 9.53 Å². The van der Waals surface area contributed by atoms with Gasteiger partial charge in [-0.15, -0.1) is 0 Å². The number of benzene rings is 1. The molecule has 1 saturated heterocycles. The number of amides is 1. The SMILES string of the molecule is CCCNC(=O)C1COCCN1c1ccc(OC)cc1N. The molecule has 1 unspecified atom stereocenters. The quantitative estimate of drug-likeness (QED) is 0.792. The lowest BCUT2D eigenvalue weighted by Gasteiger charge is -2.37. The van der Waals surface area contributed by atoms with Crippen LogP contribution in [0.5, 0.6) is 5.75 Å². The Morgan fingerprint density at radius 2 is 2.38 bits per heavy atom. The van der Waals surface area contributed by atoms with Crippen molar-refractivity contribution in [2.75, 3.05) is 44.0 Å². The number of rotatable bonds is 5. The van der Waals surface area contributed by atoms with E-state index in [0.29, 0.717) is 37.7 Å². The second-order valence-electron chi connectivity index (χ2n) is 5.00. The lowest BCUT2D eigenvalue weighted by Crippen LogP contribution is -2.54. The minimum Gasteiger partial charge on any atom is -0.497 e. The van der Waals surface area contributed by atoms with E-state index in [1.807, 2.05) is 24.0 Å². The summed E-state index contributed by atoms with van der Waals surface area (Å²) in [4.78, 5) is 14.3. The minimum absolute atomic E-state index is 0.0215. The van der Waals surface area contributed by atoms with E-state index in [1.165, 1.54) is 0 Å². The third kappa shape index (κ3) is 3.58. The summed E-state index contributed by atoms with van der Waals surface area (Å²) in [6.45, 7) is 4.29. The molecule has 21 heavy (non-hydrogen) atoms. The largest absolute Gasteiger partial charge is 0.497 e. The maximum absolute atomic E-state index is 12.3. The fourth-order valence-electron chi connectivity index (χ4n) is 2.40.